The number of thioether (sulfide) groups is 1. The lowest BCUT2D eigenvalue weighted by atomic mass is 10.1. The summed E-state index contributed by atoms with van der Waals surface area (Å²) in [5.74, 6) is 0.227. The Labute approximate surface area is 151 Å². The second-order valence-electron chi connectivity index (χ2n) is 6.35. The van der Waals surface area contributed by atoms with Gasteiger partial charge in [-0.05, 0) is 12.1 Å². The van der Waals surface area contributed by atoms with Crippen molar-refractivity contribution in [3.05, 3.63) is 41.8 Å². The molecule has 1 aromatic heterocycles. The predicted octanol–water partition coefficient (Wildman–Crippen LogP) is 3.55. The van der Waals surface area contributed by atoms with Crippen molar-refractivity contribution >= 4 is 17.7 Å². The summed E-state index contributed by atoms with van der Waals surface area (Å²) >= 11 is 1.79. The molecule has 5 nitrogen and oxygen atoms in total. The molecule has 1 amide bonds. The molecule has 7 heteroatoms. The van der Waals surface area contributed by atoms with E-state index in [1.807, 2.05) is 0 Å². The Kier molecular flexibility index (Phi) is 6.36. The third-order valence-electron chi connectivity index (χ3n) is 3.21. The first-order valence-corrected chi connectivity index (χ1v) is 8.88. The number of ether oxygens (including phenoxy) is 1. The third-order valence-corrected chi connectivity index (χ3v) is 4.49. The van der Waals surface area contributed by atoms with Crippen LogP contribution < -0.4 is 10.1 Å². The molecule has 1 aromatic carbocycles. The fraction of sp³-hybridized carbons (Fsp3) is 0.389. The monoisotopic (exact) mass is 363 g/mol. The van der Waals surface area contributed by atoms with Gasteiger partial charge in [0.1, 0.15) is 0 Å². The molecule has 134 valence electrons. The average molecular weight is 363 g/mol. The van der Waals surface area contributed by atoms with Crippen LogP contribution in [0.1, 0.15) is 31.1 Å². The van der Waals surface area contributed by atoms with E-state index in [1.165, 1.54) is 7.11 Å². The van der Waals surface area contributed by atoms with Gasteiger partial charge in [0.2, 0.25) is 5.82 Å². The van der Waals surface area contributed by atoms with Crippen molar-refractivity contribution < 1.29 is 13.9 Å². The van der Waals surface area contributed by atoms with Crippen LogP contribution in [-0.2, 0) is 0 Å². The first kappa shape index (κ1) is 19.2. The number of amides is 1. The van der Waals surface area contributed by atoms with Crippen molar-refractivity contribution in [2.45, 2.75) is 25.5 Å². The van der Waals surface area contributed by atoms with Crippen molar-refractivity contribution in [3.8, 4) is 17.3 Å². The molecule has 0 bridgehead atoms. The van der Waals surface area contributed by atoms with Gasteiger partial charge in [-0.2, -0.15) is 21.1 Å². The van der Waals surface area contributed by atoms with E-state index in [0.29, 0.717) is 23.5 Å². The zero-order valence-electron chi connectivity index (χ0n) is 14.8. The van der Waals surface area contributed by atoms with E-state index in [4.69, 9.17) is 4.74 Å². The summed E-state index contributed by atoms with van der Waals surface area (Å²) in [7, 11) is 1.34. The highest BCUT2D eigenvalue weighted by Gasteiger charge is 2.13. The van der Waals surface area contributed by atoms with Crippen LogP contribution in [0.5, 0.6) is 5.88 Å². The van der Waals surface area contributed by atoms with Gasteiger partial charge in [0.15, 0.2) is 5.82 Å². The lowest BCUT2D eigenvalue weighted by molar-refractivity contribution is 0.0956. The molecule has 2 aromatic rings. The van der Waals surface area contributed by atoms with E-state index < -0.39 is 5.82 Å². The van der Waals surface area contributed by atoms with Gasteiger partial charge in [0, 0.05) is 28.2 Å². The molecule has 0 saturated carbocycles. The molecule has 1 heterocycles. The van der Waals surface area contributed by atoms with Crippen LogP contribution >= 0.6 is 11.8 Å². The van der Waals surface area contributed by atoms with Crippen LogP contribution in [0.4, 0.5) is 4.39 Å². The molecular formula is C18H22FN3O2S. The van der Waals surface area contributed by atoms with E-state index in [-0.39, 0.29) is 16.5 Å². The minimum atomic E-state index is -0.628. The maximum Gasteiger partial charge on any atom is 0.253 e. The quantitative estimate of drug-likeness (QED) is 0.795. The molecule has 0 radical (unpaired) electrons. The average Bonchev–Trinajstić information content (AvgIpc) is 2.58. The third kappa shape index (κ3) is 5.70. The summed E-state index contributed by atoms with van der Waals surface area (Å²) in [4.78, 5) is 20.3. The molecule has 0 fully saturated rings. The Morgan fingerprint density at radius 3 is 2.80 bits per heavy atom. The fourth-order valence-electron chi connectivity index (χ4n) is 2.06. The smallest absolute Gasteiger partial charge is 0.253 e. The van der Waals surface area contributed by atoms with E-state index in [2.05, 4.69) is 36.1 Å². The van der Waals surface area contributed by atoms with Crippen LogP contribution in [0.3, 0.4) is 0 Å². The zero-order valence-corrected chi connectivity index (χ0v) is 15.6. The molecule has 0 atom stereocenters. The van der Waals surface area contributed by atoms with Gasteiger partial charge in [-0.25, -0.2) is 4.98 Å². The maximum absolute atomic E-state index is 13.4. The highest BCUT2D eigenvalue weighted by molar-refractivity contribution is 8.00. The molecular weight excluding hydrogens is 341 g/mol. The van der Waals surface area contributed by atoms with Crippen molar-refractivity contribution in [2.24, 2.45) is 0 Å². The summed E-state index contributed by atoms with van der Waals surface area (Å²) in [5, 5.41) is 2.90. The fourth-order valence-corrected chi connectivity index (χ4v) is 2.87. The molecule has 0 unspecified atom stereocenters. The van der Waals surface area contributed by atoms with Crippen LogP contribution in [0, 0.1) is 5.82 Å². The number of carbonyl (C=O) groups is 1. The summed E-state index contributed by atoms with van der Waals surface area (Å²) in [6, 6.07) is 6.90. The largest absolute Gasteiger partial charge is 0.479 e. The number of carbonyl (C=O) groups excluding carboxylic acids is 1. The minimum absolute atomic E-state index is 0.126. The number of methoxy groups -OCH3 is 1. The van der Waals surface area contributed by atoms with Gasteiger partial charge in [-0.3, -0.25) is 4.79 Å². The summed E-state index contributed by atoms with van der Waals surface area (Å²) in [5.41, 5.74) is 1.13. The summed E-state index contributed by atoms with van der Waals surface area (Å²) in [6.45, 7) is 7.01. The number of hydrogen-bond donors (Lipinski definition) is 1. The Bertz CT molecular complexity index is 747. The Morgan fingerprint density at radius 1 is 1.36 bits per heavy atom. The Hall–Kier alpha value is -2.15. The summed E-state index contributed by atoms with van der Waals surface area (Å²) < 4.78 is 18.5. The van der Waals surface area contributed by atoms with Gasteiger partial charge < -0.3 is 10.1 Å². The lowest BCUT2D eigenvalue weighted by Crippen LogP contribution is -2.26. The van der Waals surface area contributed by atoms with Crippen LogP contribution in [-0.4, -0.2) is 40.0 Å². The Balaban J connectivity index is 2.07. The second-order valence-corrected chi connectivity index (χ2v) is 8.27. The van der Waals surface area contributed by atoms with E-state index >= 15 is 0 Å². The molecule has 25 heavy (non-hydrogen) atoms. The minimum Gasteiger partial charge on any atom is -0.479 e. The van der Waals surface area contributed by atoms with Crippen molar-refractivity contribution in [3.63, 3.8) is 0 Å². The van der Waals surface area contributed by atoms with E-state index in [1.54, 1.807) is 36.0 Å². The molecule has 0 aliphatic heterocycles. The molecule has 0 aliphatic rings. The molecule has 0 spiro atoms. The van der Waals surface area contributed by atoms with Gasteiger partial charge in [-0.15, -0.1) is 0 Å². The number of nitrogens with zero attached hydrogens (tertiary/aromatic N) is 2. The topological polar surface area (TPSA) is 64.1 Å². The number of nitrogens with one attached hydrogen (secondary N) is 1. The van der Waals surface area contributed by atoms with Crippen molar-refractivity contribution in [1.82, 2.24) is 15.3 Å². The van der Waals surface area contributed by atoms with Gasteiger partial charge >= 0.3 is 0 Å². The molecule has 0 aliphatic carbocycles. The molecule has 1 N–H and O–H groups in total. The van der Waals surface area contributed by atoms with Gasteiger partial charge in [0.25, 0.3) is 11.8 Å². The van der Waals surface area contributed by atoms with Crippen molar-refractivity contribution in [1.29, 1.82) is 0 Å². The van der Waals surface area contributed by atoms with Gasteiger partial charge in [0.05, 0.1) is 13.3 Å². The van der Waals surface area contributed by atoms with E-state index in [0.717, 1.165) is 11.9 Å². The molecule has 2 rings (SSSR count). The number of rotatable bonds is 6. The first-order chi connectivity index (χ1) is 11.8. The highest BCUT2D eigenvalue weighted by atomic mass is 32.2. The highest BCUT2D eigenvalue weighted by Crippen LogP contribution is 2.22. The zero-order chi connectivity index (χ0) is 18.4. The van der Waals surface area contributed by atoms with Gasteiger partial charge in [-0.1, -0.05) is 32.9 Å². The van der Waals surface area contributed by atoms with Crippen molar-refractivity contribution in [2.75, 3.05) is 19.4 Å². The molecule has 0 saturated heterocycles. The number of benzene rings is 1. The Morgan fingerprint density at radius 2 is 2.12 bits per heavy atom. The summed E-state index contributed by atoms with van der Waals surface area (Å²) in [6.07, 6.45) is 1.05. The van der Waals surface area contributed by atoms with Crippen LogP contribution in [0.15, 0.2) is 30.5 Å². The van der Waals surface area contributed by atoms with Crippen LogP contribution in [0.2, 0.25) is 0 Å². The standard InChI is InChI=1S/C18H22FN3O2S/c1-18(2,3)25-9-8-20-16(23)13-7-5-6-12(10-13)15-21-11-14(19)17(22-15)24-4/h5-7,10-11H,8-9H2,1-4H3,(H,20,23). The predicted molar refractivity (Wildman–Crippen MR) is 98.5 cm³/mol. The number of hydrogen-bond acceptors (Lipinski definition) is 5. The second kappa shape index (κ2) is 8.29. The van der Waals surface area contributed by atoms with E-state index in [9.17, 15) is 9.18 Å². The van der Waals surface area contributed by atoms with Crippen LogP contribution in [0.25, 0.3) is 11.4 Å². The first-order valence-electron chi connectivity index (χ1n) is 7.89. The number of aromatic nitrogens is 2. The normalized spacial score (nSPS) is 11.2. The lowest BCUT2D eigenvalue weighted by Gasteiger charge is -2.17. The maximum atomic E-state index is 13.4. The number of halogens is 1. The SMILES string of the molecule is COc1nc(-c2cccc(C(=O)NCCSC(C)(C)C)c2)ncc1F.